The molecule has 2 heterocycles. The van der Waals surface area contributed by atoms with Crippen molar-refractivity contribution in [1.82, 2.24) is 9.80 Å². The van der Waals surface area contributed by atoms with Crippen molar-refractivity contribution in [3.63, 3.8) is 0 Å². The number of ether oxygens (including phenoxy) is 3. The number of nitrogens with two attached hydrogens (primary N) is 3. The number of anilines is 4. The lowest BCUT2D eigenvalue weighted by Gasteiger charge is -2.29. The maximum absolute atomic E-state index is 13.5. The van der Waals surface area contributed by atoms with Crippen LogP contribution in [-0.4, -0.2) is 89.6 Å². The first kappa shape index (κ1) is 33.7. The molecule has 6 N–H and O–H groups in total. The third-order valence-electron chi connectivity index (χ3n) is 6.83. The van der Waals surface area contributed by atoms with Crippen molar-refractivity contribution in [1.29, 1.82) is 0 Å². The van der Waals surface area contributed by atoms with Crippen LogP contribution in [0.5, 0.6) is 11.5 Å². The van der Waals surface area contributed by atoms with E-state index >= 15 is 0 Å². The first-order chi connectivity index (χ1) is 20.7. The molecule has 0 bridgehead atoms. The standard InChI is InChI=1S/C12H17FN2O.C10H13FN2O.C10H16N2O/c13-11-9-10(14)3-4-12(11)16-8-7-15-5-1-2-6-15;11-9-7-8(12)1-2-10(9)13-3-5-14-6-4-13;1-12(2)7-8-13-10-5-3-9(11)4-6-10/h3-4,9H,1-2,5-8,14H2;1-2,7H,3-6,12H2;3-6H,7-8,11H2,1-2H3. The summed E-state index contributed by atoms with van der Waals surface area (Å²) in [5.74, 6) is 0.512. The molecule has 0 unspecified atom stereocenters. The molecule has 0 amide bonds. The van der Waals surface area contributed by atoms with Crippen LogP contribution in [0.1, 0.15) is 12.8 Å². The summed E-state index contributed by atoms with van der Waals surface area (Å²) >= 11 is 0. The largest absolute Gasteiger partial charge is 0.492 e. The number of likely N-dealkylation sites (N-methyl/N-ethyl adjacent to an activating group) is 1. The molecule has 3 aromatic rings. The van der Waals surface area contributed by atoms with Gasteiger partial charge in [0.15, 0.2) is 11.6 Å². The summed E-state index contributed by atoms with van der Waals surface area (Å²) in [6.07, 6.45) is 2.52. The Hall–Kier alpha value is -3.80. The molecular weight excluding hydrogens is 554 g/mol. The number of halogens is 2. The van der Waals surface area contributed by atoms with Gasteiger partial charge in [0.1, 0.15) is 24.8 Å². The van der Waals surface area contributed by atoms with E-state index in [0.717, 1.165) is 50.7 Å². The van der Waals surface area contributed by atoms with E-state index in [2.05, 4.69) is 9.80 Å². The Bertz CT molecular complexity index is 1220. The van der Waals surface area contributed by atoms with Crippen LogP contribution >= 0.6 is 0 Å². The normalized spacial score (nSPS) is 14.9. The molecule has 2 aliphatic rings. The maximum Gasteiger partial charge on any atom is 0.167 e. The Morgan fingerprint density at radius 3 is 1.95 bits per heavy atom. The lowest BCUT2D eigenvalue weighted by Crippen LogP contribution is -2.36. The van der Waals surface area contributed by atoms with E-state index in [0.29, 0.717) is 43.5 Å². The zero-order chi connectivity index (χ0) is 31.0. The van der Waals surface area contributed by atoms with Crippen LogP contribution < -0.4 is 31.6 Å². The summed E-state index contributed by atoms with van der Waals surface area (Å²) in [5, 5.41) is 0. The molecule has 0 saturated carbocycles. The van der Waals surface area contributed by atoms with E-state index in [1.54, 1.807) is 24.3 Å². The molecule has 2 fully saturated rings. The van der Waals surface area contributed by atoms with Gasteiger partial charge in [-0.25, -0.2) is 8.78 Å². The highest BCUT2D eigenvalue weighted by atomic mass is 19.1. The van der Waals surface area contributed by atoms with E-state index < -0.39 is 0 Å². The third-order valence-corrected chi connectivity index (χ3v) is 6.83. The van der Waals surface area contributed by atoms with E-state index in [4.69, 9.17) is 31.4 Å². The summed E-state index contributed by atoms with van der Waals surface area (Å²) in [5.41, 5.74) is 18.7. The van der Waals surface area contributed by atoms with E-state index in [9.17, 15) is 8.78 Å². The third kappa shape index (κ3) is 12.5. The first-order valence-electron chi connectivity index (χ1n) is 14.6. The molecule has 11 heteroatoms. The summed E-state index contributed by atoms with van der Waals surface area (Å²) < 4.78 is 42.9. The Morgan fingerprint density at radius 1 is 0.744 bits per heavy atom. The molecular formula is C32H46F2N6O3. The summed E-state index contributed by atoms with van der Waals surface area (Å²) in [6, 6.07) is 16.7. The highest BCUT2D eigenvalue weighted by Crippen LogP contribution is 2.22. The highest BCUT2D eigenvalue weighted by Gasteiger charge is 2.15. The van der Waals surface area contributed by atoms with Gasteiger partial charge in [-0.05, 0) is 94.6 Å². The predicted octanol–water partition coefficient (Wildman–Crippen LogP) is 4.34. The van der Waals surface area contributed by atoms with Gasteiger partial charge in [-0.3, -0.25) is 4.90 Å². The lowest BCUT2D eigenvalue weighted by molar-refractivity contribution is 0.122. The quantitative estimate of drug-likeness (QED) is 0.309. The monoisotopic (exact) mass is 600 g/mol. The molecule has 0 radical (unpaired) electrons. The van der Waals surface area contributed by atoms with Crippen molar-refractivity contribution in [3.05, 3.63) is 72.3 Å². The van der Waals surface area contributed by atoms with Crippen LogP contribution in [0.2, 0.25) is 0 Å². The van der Waals surface area contributed by atoms with E-state index in [-0.39, 0.29) is 17.4 Å². The molecule has 9 nitrogen and oxygen atoms in total. The Balaban J connectivity index is 0.000000178. The number of rotatable bonds is 9. The van der Waals surface area contributed by atoms with Crippen molar-refractivity contribution < 1.29 is 23.0 Å². The minimum atomic E-state index is -0.388. The molecule has 0 atom stereocenters. The molecule has 236 valence electrons. The summed E-state index contributed by atoms with van der Waals surface area (Å²) in [7, 11) is 4.04. The Morgan fingerprint density at radius 2 is 1.35 bits per heavy atom. The van der Waals surface area contributed by atoms with Crippen LogP contribution in [0.4, 0.5) is 31.5 Å². The van der Waals surface area contributed by atoms with Crippen molar-refractivity contribution in [2.45, 2.75) is 12.8 Å². The Kier molecular flexibility index (Phi) is 14.1. The molecule has 5 rings (SSSR count). The number of nitrogen functional groups attached to an aromatic ring is 3. The van der Waals surface area contributed by atoms with E-state index in [1.807, 2.05) is 43.3 Å². The van der Waals surface area contributed by atoms with Gasteiger partial charge in [0.2, 0.25) is 0 Å². The second-order valence-electron chi connectivity index (χ2n) is 10.6. The SMILES string of the molecule is CN(C)CCOc1ccc(N)cc1.Nc1ccc(N2CCOCC2)c(F)c1.Nc1ccc(OCCN2CCCC2)c(F)c1. The van der Waals surface area contributed by atoms with Crippen LogP contribution in [0, 0.1) is 11.6 Å². The van der Waals surface area contributed by atoms with Gasteiger partial charge in [-0.1, -0.05) is 0 Å². The highest BCUT2D eigenvalue weighted by molar-refractivity contribution is 5.54. The molecule has 0 aliphatic carbocycles. The van der Waals surface area contributed by atoms with Gasteiger partial charge < -0.3 is 41.2 Å². The number of nitrogens with zero attached hydrogens (tertiary/aromatic N) is 3. The number of hydrogen-bond donors (Lipinski definition) is 3. The van der Waals surface area contributed by atoms with Crippen LogP contribution in [0.15, 0.2) is 60.7 Å². The van der Waals surface area contributed by atoms with Gasteiger partial charge in [-0.15, -0.1) is 0 Å². The number of likely N-dealkylation sites (tertiary alicyclic amines) is 1. The lowest BCUT2D eigenvalue weighted by atomic mass is 10.2. The molecule has 2 saturated heterocycles. The minimum Gasteiger partial charge on any atom is -0.492 e. The predicted molar refractivity (Wildman–Crippen MR) is 171 cm³/mol. The van der Waals surface area contributed by atoms with Gasteiger partial charge in [0, 0.05) is 49.3 Å². The fourth-order valence-electron chi connectivity index (χ4n) is 4.42. The number of hydrogen-bond acceptors (Lipinski definition) is 9. The zero-order valence-corrected chi connectivity index (χ0v) is 25.3. The van der Waals surface area contributed by atoms with Crippen LogP contribution in [-0.2, 0) is 4.74 Å². The second kappa shape index (κ2) is 18.0. The van der Waals surface area contributed by atoms with E-state index in [1.165, 1.54) is 25.0 Å². The zero-order valence-electron chi connectivity index (χ0n) is 25.3. The smallest absolute Gasteiger partial charge is 0.167 e. The second-order valence-corrected chi connectivity index (χ2v) is 10.6. The number of morpholine rings is 1. The van der Waals surface area contributed by atoms with Crippen molar-refractivity contribution >= 4 is 22.7 Å². The van der Waals surface area contributed by atoms with Gasteiger partial charge in [0.05, 0.1) is 18.9 Å². The minimum absolute atomic E-state index is 0.257. The van der Waals surface area contributed by atoms with Gasteiger partial charge >= 0.3 is 0 Å². The summed E-state index contributed by atoms with van der Waals surface area (Å²) in [4.78, 5) is 6.38. The fraction of sp³-hybridized carbons (Fsp3) is 0.438. The average Bonchev–Trinajstić information content (AvgIpc) is 3.50. The topological polar surface area (TPSA) is 115 Å². The summed E-state index contributed by atoms with van der Waals surface area (Å²) in [6.45, 7) is 8.07. The van der Waals surface area contributed by atoms with Crippen molar-refractivity contribution in [3.8, 4) is 11.5 Å². The first-order valence-corrected chi connectivity index (χ1v) is 14.6. The van der Waals surface area contributed by atoms with Gasteiger partial charge in [-0.2, -0.15) is 0 Å². The van der Waals surface area contributed by atoms with Gasteiger partial charge in [0.25, 0.3) is 0 Å². The number of benzene rings is 3. The van der Waals surface area contributed by atoms with Crippen LogP contribution in [0.25, 0.3) is 0 Å². The molecule has 0 aromatic heterocycles. The maximum atomic E-state index is 13.5. The molecule has 0 spiro atoms. The van der Waals surface area contributed by atoms with Crippen molar-refractivity contribution in [2.75, 3.05) is 102 Å². The van der Waals surface area contributed by atoms with Crippen molar-refractivity contribution in [2.24, 2.45) is 0 Å². The van der Waals surface area contributed by atoms with Crippen LogP contribution in [0.3, 0.4) is 0 Å². The molecule has 3 aromatic carbocycles. The molecule has 43 heavy (non-hydrogen) atoms. The Labute approximate surface area is 254 Å². The fourth-order valence-corrected chi connectivity index (χ4v) is 4.42. The molecule has 2 aliphatic heterocycles. The average molecular weight is 601 g/mol.